The molecule has 6 nitrogen and oxygen atoms in total. The highest BCUT2D eigenvalue weighted by atomic mass is 35.5. The molecule has 0 saturated heterocycles. The molecule has 134 valence electrons. The second-order valence-corrected chi connectivity index (χ2v) is 6.16. The molecule has 26 heavy (non-hydrogen) atoms. The number of amides is 1. The number of hydrogen-bond acceptors (Lipinski definition) is 4. The van der Waals surface area contributed by atoms with Crippen molar-refractivity contribution >= 4 is 29.1 Å². The molecule has 3 N–H and O–H groups in total. The summed E-state index contributed by atoms with van der Waals surface area (Å²) in [5, 5.41) is 7.64. The van der Waals surface area contributed by atoms with Crippen molar-refractivity contribution in [2.45, 2.75) is 26.8 Å². The third-order valence-electron chi connectivity index (χ3n) is 4.05. The maximum atomic E-state index is 12.4. The highest BCUT2D eigenvalue weighted by molar-refractivity contribution is 6.34. The fourth-order valence-electron chi connectivity index (χ4n) is 2.69. The van der Waals surface area contributed by atoms with Crippen LogP contribution in [0.3, 0.4) is 0 Å². The van der Waals surface area contributed by atoms with Gasteiger partial charge < -0.3 is 11.1 Å². The van der Waals surface area contributed by atoms with Gasteiger partial charge in [-0.3, -0.25) is 9.48 Å². The highest BCUT2D eigenvalue weighted by Gasteiger charge is 2.14. The molecule has 0 saturated carbocycles. The number of nitrogens with zero attached hydrogens (tertiary/aromatic N) is 3. The molecule has 0 unspecified atom stereocenters. The lowest BCUT2D eigenvalue weighted by Crippen LogP contribution is -2.14. The van der Waals surface area contributed by atoms with Gasteiger partial charge in [0.25, 0.3) is 5.91 Å². The Bertz CT molecular complexity index is 951. The van der Waals surface area contributed by atoms with E-state index < -0.39 is 0 Å². The first-order chi connectivity index (χ1) is 12.5. The topological polar surface area (TPSA) is 85.8 Å². The Morgan fingerprint density at radius 1 is 1.23 bits per heavy atom. The van der Waals surface area contributed by atoms with Crippen molar-refractivity contribution in [2.75, 3.05) is 11.1 Å². The van der Waals surface area contributed by atoms with Gasteiger partial charge in [-0.2, -0.15) is 5.10 Å². The van der Waals surface area contributed by atoms with E-state index in [0.29, 0.717) is 22.2 Å². The second kappa shape index (κ2) is 7.58. The molecule has 0 radical (unpaired) electrons. The number of anilines is 2. The summed E-state index contributed by atoms with van der Waals surface area (Å²) in [6, 6.07) is 12.4. The minimum atomic E-state index is -0.331. The number of pyridine rings is 1. The number of carbonyl (C=O) groups excluding carboxylic acids is 1. The van der Waals surface area contributed by atoms with Crippen LogP contribution in [0.25, 0.3) is 11.3 Å². The van der Waals surface area contributed by atoms with E-state index in [4.69, 9.17) is 17.3 Å². The predicted molar refractivity (Wildman–Crippen MR) is 104 cm³/mol. The van der Waals surface area contributed by atoms with E-state index in [1.54, 1.807) is 30.3 Å². The maximum Gasteiger partial charge on any atom is 0.258 e. The Morgan fingerprint density at radius 2 is 2.00 bits per heavy atom. The van der Waals surface area contributed by atoms with E-state index in [-0.39, 0.29) is 5.91 Å². The molecule has 0 aliphatic rings. The molecule has 0 spiro atoms. The third kappa shape index (κ3) is 3.55. The fraction of sp³-hybridized carbons (Fsp3) is 0.211. The van der Waals surface area contributed by atoms with Gasteiger partial charge in [0.1, 0.15) is 11.6 Å². The van der Waals surface area contributed by atoms with Crippen molar-refractivity contribution in [1.29, 1.82) is 0 Å². The average Bonchev–Trinajstić information content (AvgIpc) is 3.05. The van der Waals surface area contributed by atoms with Gasteiger partial charge >= 0.3 is 0 Å². The lowest BCUT2D eigenvalue weighted by molar-refractivity contribution is 0.102. The van der Waals surface area contributed by atoms with Gasteiger partial charge in [-0.15, -0.1) is 0 Å². The molecule has 1 aromatic carbocycles. The number of benzene rings is 1. The normalized spacial score (nSPS) is 10.7. The summed E-state index contributed by atoms with van der Waals surface area (Å²) in [5.74, 6) is 0.371. The van der Waals surface area contributed by atoms with E-state index >= 15 is 0 Å². The highest BCUT2D eigenvalue weighted by Crippen LogP contribution is 2.27. The van der Waals surface area contributed by atoms with Crippen LogP contribution >= 0.6 is 11.6 Å². The van der Waals surface area contributed by atoms with Crippen LogP contribution in [0.1, 0.15) is 29.9 Å². The molecule has 1 amide bonds. The number of rotatable bonds is 5. The van der Waals surface area contributed by atoms with E-state index in [2.05, 4.69) is 22.3 Å². The summed E-state index contributed by atoms with van der Waals surface area (Å²) in [6.45, 7) is 4.82. The van der Waals surface area contributed by atoms with E-state index in [1.807, 2.05) is 23.7 Å². The largest absolute Gasteiger partial charge is 0.383 e. The third-order valence-corrected chi connectivity index (χ3v) is 4.38. The Morgan fingerprint density at radius 3 is 2.65 bits per heavy atom. The first-order valence-electron chi connectivity index (χ1n) is 8.43. The van der Waals surface area contributed by atoms with Gasteiger partial charge in [0.15, 0.2) is 0 Å². The van der Waals surface area contributed by atoms with Crippen LogP contribution in [0.4, 0.5) is 11.6 Å². The van der Waals surface area contributed by atoms with Gasteiger partial charge in [0.05, 0.1) is 22.0 Å². The lowest BCUT2D eigenvalue weighted by Gasteiger charge is -2.10. The summed E-state index contributed by atoms with van der Waals surface area (Å²) in [7, 11) is 0. The monoisotopic (exact) mass is 369 g/mol. The number of hydrogen-bond donors (Lipinski definition) is 2. The zero-order valence-electron chi connectivity index (χ0n) is 14.7. The molecule has 0 aliphatic carbocycles. The number of nitrogens with one attached hydrogen (secondary N) is 1. The summed E-state index contributed by atoms with van der Waals surface area (Å²) in [5.41, 5.74) is 9.23. The van der Waals surface area contributed by atoms with Crippen LogP contribution in [0, 0.1) is 0 Å². The van der Waals surface area contributed by atoms with E-state index in [9.17, 15) is 4.79 Å². The number of carbonyl (C=O) groups is 1. The Labute approximate surface area is 157 Å². The number of nitrogen functional groups attached to an aromatic ring is 1. The fourth-order valence-corrected chi connectivity index (χ4v) is 2.91. The molecular weight excluding hydrogens is 350 g/mol. The first kappa shape index (κ1) is 17.9. The van der Waals surface area contributed by atoms with Crippen LogP contribution in [0.15, 0.2) is 42.5 Å². The van der Waals surface area contributed by atoms with Gasteiger partial charge in [0.2, 0.25) is 0 Å². The van der Waals surface area contributed by atoms with Crippen molar-refractivity contribution < 1.29 is 4.79 Å². The molecule has 0 bridgehead atoms. The number of nitrogens with two attached hydrogens (primary N) is 1. The molecule has 2 aromatic heterocycles. The van der Waals surface area contributed by atoms with Crippen molar-refractivity contribution in [1.82, 2.24) is 14.8 Å². The van der Waals surface area contributed by atoms with Crippen LogP contribution in [0.2, 0.25) is 5.02 Å². The second-order valence-electron chi connectivity index (χ2n) is 5.75. The Kier molecular flexibility index (Phi) is 5.23. The Hall–Kier alpha value is -2.86. The van der Waals surface area contributed by atoms with Gasteiger partial charge in [-0.05, 0) is 43.7 Å². The minimum Gasteiger partial charge on any atom is -0.383 e. The molecule has 0 fully saturated rings. The molecule has 3 rings (SSSR count). The van der Waals surface area contributed by atoms with Gasteiger partial charge in [-0.25, -0.2) is 4.98 Å². The average molecular weight is 370 g/mol. The van der Waals surface area contributed by atoms with Crippen molar-refractivity contribution in [3.63, 3.8) is 0 Å². The zero-order valence-corrected chi connectivity index (χ0v) is 15.4. The molecule has 0 atom stereocenters. The molecule has 2 heterocycles. The van der Waals surface area contributed by atoms with Crippen LogP contribution in [0.5, 0.6) is 0 Å². The predicted octanol–water partition coefficient (Wildman–Crippen LogP) is 4.02. The zero-order chi connectivity index (χ0) is 18.7. The van der Waals surface area contributed by atoms with Crippen molar-refractivity contribution in [3.8, 4) is 11.3 Å². The number of halogens is 1. The lowest BCUT2D eigenvalue weighted by atomic mass is 10.1. The Balaban J connectivity index is 1.87. The summed E-state index contributed by atoms with van der Waals surface area (Å²) in [6.07, 6.45) is 0.847. The maximum absolute atomic E-state index is 12.4. The van der Waals surface area contributed by atoms with Crippen LogP contribution in [-0.2, 0) is 13.0 Å². The van der Waals surface area contributed by atoms with E-state index in [0.717, 1.165) is 29.9 Å². The summed E-state index contributed by atoms with van der Waals surface area (Å²) >= 11 is 6.06. The van der Waals surface area contributed by atoms with Crippen molar-refractivity contribution in [3.05, 3.63) is 58.7 Å². The molecule has 0 aliphatic heterocycles. The standard InChI is InChI=1S/C19H20ClN5O/c1-3-12-11-16(25(4-2)24-12)14-9-10-17(22-18(14)21)23-19(26)13-7-5-6-8-15(13)20/h5-11H,3-4H2,1-2H3,(H3,21,22,23,26). The summed E-state index contributed by atoms with van der Waals surface area (Å²) < 4.78 is 1.90. The van der Waals surface area contributed by atoms with Crippen LogP contribution < -0.4 is 11.1 Å². The van der Waals surface area contributed by atoms with Gasteiger partial charge in [0, 0.05) is 12.1 Å². The van der Waals surface area contributed by atoms with Crippen LogP contribution in [-0.4, -0.2) is 20.7 Å². The first-order valence-corrected chi connectivity index (χ1v) is 8.80. The quantitative estimate of drug-likeness (QED) is 0.711. The molecule has 3 aromatic rings. The number of aromatic nitrogens is 3. The number of aryl methyl sites for hydroxylation is 2. The molecule has 7 heteroatoms. The molecular formula is C19H20ClN5O. The minimum absolute atomic E-state index is 0.331. The van der Waals surface area contributed by atoms with E-state index in [1.165, 1.54) is 0 Å². The van der Waals surface area contributed by atoms with Gasteiger partial charge in [-0.1, -0.05) is 30.7 Å². The summed E-state index contributed by atoms with van der Waals surface area (Å²) in [4.78, 5) is 16.7. The SMILES string of the molecule is CCc1cc(-c2ccc(NC(=O)c3ccccc3Cl)nc2N)n(CC)n1. The smallest absolute Gasteiger partial charge is 0.258 e. The van der Waals surface area contributed by atoms with Crippen molar-refractivity contribution in [2.24, 2.45) is 0 Å².